The monoisotopic (exact) mass is 284 g/mol. The van der Waals surface area contributed by atoms with Gasteiger partial charge < -0.3 is 9.68 Å². The maximum atomic E-state index is 13.1. The van der Waals surface area contributed by atoms with Gasteiger partial charge in [0.2, 0.25) is 0 Å². The van der Waals surface area contributed by atoms with E-state index in [1.807, 2.05) is 19.1 Å². The van der Waals surface area contributed by atoms with Crippen molar-refractivity contribution < 1.29 is 18.9 Å². The number of ketones is 1. The number of benzene rings is 2. The summed E-state index contributed by atoms with van der Waals surface area (Å²) in [4.78, 5) is 12.2. The molecule has 0 spiro atoms. The lowest BCUT2D eigenvalue weighted by Crippen LogP contribution is -2.28. The van der Waals surface area contributed by atoms with Gasteiger partial charge in [-0.3, -0.25) is 4.79 Å². The molecule has 0 bridgehead atoms. The molecule has 2 aromatic rings. The fourth-order valence-electron chi connectivity index (χ4n) is 2.61. The highest BCUT2D eigenvalue weighted by molar-refractivity contribution is 6.61. The molecule has 0 radical (unpaired) electrons. The van der Waals surface area contributed by atoms with Crippen LogP contribution >= 0.6 is 0 Å². The highest BCUT2D eigenvalue weighted by Gasteiger charge is 2.32. The number of hydrogen-bond donors (Lipinski definition) is 1. The van der Waals surface area contributed by atoms with Gasteiger partial charge in [-0.1, -0.05) is 30.3 Å². The molecule has 1 unspecified atom stereocenters. The molecule has 106 valence electrons. The average molecular weight is 284 g/mol. The van der Waals surface area contributed by atoms with Crippen LogP contribution in [0.5, 0.6) is 0 Å². The smallest absolute Gasteiger partial charge is 0.423 e. The van der Waals surface area contributed by atoms with Crippen molar-refractivity contribution in [2.45, 2.75) is 19.4 Å². The maximum Gasteiger partial charge on any atom is 0.491 e. The zero-order valence-electron chi connectivity index (χ0n) is 11.5. The van der Waals surface area contributed by atoms with Gasteiger partial charge in [-0.2, -0.15) is 0 Å². The second kappa shape index (κ2) is 5.43. The molecule has 1 N–H and O–H groups in total. The summed E-state index contributed by atoms with van der Waals surface area (Å²) in [5, 5.41) is 9.81. The van der Waals surface area contributed by atoms with Crippen LogP contribution in [-0.4, -0.2) is 17.9 Å². The first-order valence-corrected chi connectivity index (χ1v) is 6.79. The van der Waals surface area contributed by atoms with Crippen LogP contribution in [0.15, 0.2) is 42.5 Å². The molecule has 1 aliphatic heterocycles. The Labute approximate surface area is 122 Å². The lowest BCUT2D eigenvalue weighted by molar-refractivity contribution is 0.0992. The van der Waals surface area contributed by atoms with E-state index in [1.165, 1.54) is 18.2 Å². The summed E-state index contributed by atoms with van der Waals surface area (Å²) in [5.74, 6) is -0.580. The molecule has 3 nitrogen and oxygen atoms in total. The molecule has 3 rings (SSSR count). The van der Waals surface area contributed by atoms with Crippen LogP contribution < -0.4 is 5.46 Å². The number of Topliss-reactive ketones (excluding diaryl/α,β-unsaturated/α-hetero) is 1. The number of carbonyl (C=O) groups is 1. The van der Waals surface area contributed by atoms with Gasteiger partial charge in [0.1, 0.15) is 5.82 Å². The minimum atomic E-state index is -0.945. The van der Waals surface area contributed by atoms with Gasteiger partial charge in [0.25, 0.3) is 0 Å². The quantitative estimate of drug-likeness (QED) is 0.693. The van der Waals surface area contributed by atoms with Crippen LogP contribution in [0.2, 0.25) is 0 Å². The maximum absolute atomic E-state index is 13.1. The molecule has 1 aliphatic rings. The lowest BCUT2D eigenvalue weighted by atomic mass is 9.78. The van der Waals surface area contributed by atoms with Crippen molar-refractivity contribution in [1.82, 2.24) is 0 Å². The average Bonchev–Trinajstić information content (AvgIpc) is 2.74. The van der Waals surface area contributed by atoms with Crippen LogP contribution in [0.25, 0.3) is 0 Å². The Kier molecular flexibility index (Phi) is 3.61. The Morgan fingerprint density at radius 1 is 1.33 bits per heavy atom. The molecule has 0 amide bonds. The zero-order valence-corrected chi connectivity index (χ0v) is 11.5. The van der Waals surface area contributed by atoms with Crippen LogP contribution in [0.4, 0.5) is 4.39 Å². The van der Waals surface area contributed by atoms with Gasteiger partial charge in [0, 0.05) is 12.0 Å². The first-order valence-electron chi connectivity index (χ1n) is 6.79. The molecule has 2 aromatic carbocycles. The van der Waals surface area contributed by atoms with Gasteiger partial charge in [-0.25, -0.2) is 4.39 Å². The molecular formula is C16H14BFO3. The van der Waals surface area contributed by atoms with Crippen LogP contribution in [-0.2, 0) is 11.1 Å². The molecule has 5 heteroatoms. The summed E-state index contributed by atoms with van der Waals surface area (Å²) >= 11 is 0. The van der Waals surface area contributed by atoms with Crippen LogP contribution in [0.3, 0.4) is 0 Å². The highest BCUT2D eigenvalue weighted by atomic mass is 19.1. The summed E-state index contributed by atoms with van der Waals surface area (Å²) in [7, 11) is -0.945. The van der Waals surface area contributed by atoms with Gasteiger partial charge in [-0.15, -0.1) is 0 Å². The van der Waals surface area contributed by atoms with E-state index in [4.69, 9.17) is 4.65 Å². The van der Waals surface area contributed by atoms with Gasteiger partial charge in [0.15, 0.2) is 5.78 Å². The van der Waals surface area contributed by atoms with E-state index in [0.29, 0.717) is 11.0 Å². The Hall–Kier alpha value is -1.98. The molecule has 1 atom stereocenters. The SMILES string of the molecule is CC1OB(O)c2cc(CC(=O)c3cccc(F)c3)ccc21. The molecule has 0 saturated heterocycles. The minimum absolute atomic E-state index is 0.150. The Bertz CT molecular complexity index is 702. The topological polar surface area (TPSA) is 46.5 Å². The number of hydrogen-bond acceptors (Lipinski definition) is 3. The first kappa shape index (κ1) is 14.0. The highest BCUT2D eigenvalue weighted by Crippen LogP contribution is 2.23. The molecule has 21 heavy (non-hydrogen) atoms. The van der Waals surface area contributed by atoms with Crippen LogP contribution in [0, 0.1) is 5.82 Å². The molecule has 0 aliphatic carbocycles. The summed E-state index contributed by atoms with van der Waals surface area (Å²) < 4.78 is 18.5. The third-order valence-electron chi connectivity index (χ3n) is 3.70. The second-order valence-corrected chi connectivity index (χ2v) is 5.20. The van der Waals surface area contributed by atoms with Crippen molar-refractivity contribution in [3.63, 3.8) is 0 Å². The van der Waals surface area contributed by atoms with Crippen LogP contribution in [0.1, 0.15) is 34.5 Å². The molecule has 0 saturated carbocycles. The lowest BCUT2D eigenvalue weighted by Gasteiger charge is -2.06. The second-order valence-electron chi connectivity index (χ2n) is 5.20. The van der Waals surface area contributed by atoms with Gasteiger partial charge in [0.05, 0.1) is 6.10 Å². The number of rotatable bonds is 3. The molecular weight excluding hydrogens is 270 g/mol. The Balaban J connectivity index is 1.83. The summed E-state index contributed by atoms with van der Waals surface area (Å²) in [5.41, 5.74) is 2.76. The van der Waals surface area contributed by atoms with E-state index < -0.39 is 12.9 Å². The Morgan fingerprint density at radius 2 is 2.14 bits per heavy atom. The predicted octanol–water partition coefficient (Wildman–Crippen LogP) is 2.03. The van der Waals surface area contributed by atoms with E-state index in [0.717, 1.165) is 11.1 Å². The van der Waals surface area contributed by atoms with Gasteiger partial charge >= 0.3 is 7.12 Å². The van der Waals surface area contributed by atoms with E-state index in [9.17, 15) is 14.2 Å². The molecule has 0 aromatic heterocycles. The largest absolute Gasteiger partial charge is 0.491 e. The molecule has 0 fully saturated rings. The van der Waals surface area contributed by atoms with Crippen molar-refractivity contribution in [2.24, 2.45) is 0 Å². The van der Waals surface area contributed by atoms with E-state index in [2.05, 4.69) is 0 Å². The van der Waals surface area contributed by atoms with Crippen molar-refractivity contribution in [2.75, 3.05) is 0 Å². The zero-order chi connectivity index (χ0) is 15.0. The summed E-state index contributed by atoms with van der Waals surface area (Å²) in [6, 6.07) is 11.1. The van der Waals surface area contributed by atoms with Gasteiger partial charge in [-0.05, 0) is 35.6 Å². The molecule has 1 heterocycles. The fourth-order valence-corrected chi connectivity index (χ4v) is 2.61. The van der Waals surface area contributed by atoms with Crippen molar-refractivity contribution >= 4 is 18.4 Å². The normalized spacial score (nSPS) is 16.9. The minimum Gasteiger partial charge on any atom is -0.423 e. The summed E-state index contributed by atoms with van der Waals surface area (Å²) in [6.45, 7) is 1.87. The van der Waals surface area contributed by atoms with Crippen molar-refractivity contribution in [3.8, 4) is 0 Å². The van der Waals surface area contributed by atoms with E-state index in [1.54, 1.807) is 12.1 Å². The third kappa shape index (κ3) is 2.75. The first-order chi connectivity index (χ1) is 10.0. The fraction of sp³-hybridized carbons (Fsp3) is 0.188. The van der Waals surface area contributed by atoms with Crippen molar-refractivity contribution in [1.29, 1.82) is 0 Å². The van der Waals surface area contributed by atoms with E-state index >= 15 is 0 Å². The number of halogens is 1. The number of fused-ring (bicyclic) bond motifs is 1. The number of carbonyl (C=O) groups excluding carboxylic acids is 1. The van der Waals surface area contributed by atoms with E-state index in [-0.39, 0.29) is 18.3 Å². The predicted molar refractivity (Wildman–Crippen MR) is 78.0 cm³/mol. The van der Waals surface area contributed by atoms with Crippen molar-refractivity contribution in [3.05, 3.63) is 65.0 Å². The third-order valence-corrected chi connectivity index (χ3v) is 3.70. The Morgan fingerprint density at radius 3 is 2.90 bits per heavy atom. The summed E-state index contributed by atoms with van der Waals surface area (Å²) in [6.07, 6.45) is 0.0145. The standard InChI is InChI=1S/C16H14BFO3/c1-10-14-6-5-11(7-15(14)17(20)21-10)8-16(19)12-3-2-4-13(18)9-12/h2-7,9-10,20H,8H2,1H3.